The van der Waals surface area contributed by atoms with Gasteiger partial charge in [0.05, 0.1) is 17.2 Å². The van der Waals surface area contributed by atoms with Crippen LogP contribution in [0.2, 0.25) is 0 Å². The third-order valence-corrected chi connectivity index (χ3v) is 12.4. The monoisotopic (exact) mass is 956 g/mol. The van der Waals surface area contributed by atoms with Crippen LogP contribution in [0.4, 0.5) is 0 Å². The Hall–Kier alpha value is -8.47. The molecule has 8 aromatic rings. The van der Waals surface area contributed by atoms with Gasteiger partial charge in [-0.2, -0.15) is 0 Å². The molecule has 1 aliphatic heterocycles. The highest BCUT2D eigenvalue weighted by Crippen LogP contribution is 2.37. The first-order valence-corrected chi connectivity index (χ1v) is 24.3. The second-order valence-electron chi connectivity index (χ2n) is 17.7. The second kappa shape index (κ2) is 24.4. The number of nitrogens with one attached hydrogen (secondary N) is 1. The van der Waals surface area contributed by atoms with Crippen LogP contribution in [0, 0.1) is 0 Å². The Morgan fingerprint density at radius 3 is 1.47 bits per heavy atom. The largest absolute Gasteiger partial charge is 0.489 e. The lowest BCUT2D eigenvalue weighted by molar-refractivity contribution is 0.0174. The number of hydrogen-bond acceptors (Lipinski definition) is 9. The van der Waals surface area contributed by atoms with Crippen LogP contribution >= 0.6 is 0 Å². The molecule has 1 aliphatic rings. The molecule has 1 fully saturated rings. The molecule has 362 valence electrons. The zero-order valence-electron chi connectivity index (χ0n) is 39.9. The lowest BCUT2D eigenvalue weighted by Crippen LogP contribution is -2.50. The maximum atomic E-state index is 15.1. The van der Waals surface area contributed by atoms with Crippen LogP contribution in [-0.4, -0.2) is 47.8 Å². The summed E-state index contributed by atoms with van der Waals surface area (Å²) in [6.45, 7) is 2.64. The van der Waals surface area contributed by atoms with Crippen LogP contribution < -0.4 is 24.3 Å². The number of benzene rings is 8. The van der Waals surface area contributed by atoms with Crippen molar-refractivity contribution < 1.29 is 38.1 Å². The van der Waals surface area contributed by atoms with E-state index in [2.05, 4.69) is 22.3 Å². The van der Waals surface area contributed by atoms with Crippen molar-refractivity contribution in [3.63, 3.8) is 0 Å². The second-order valence-corrected chi connectivity index (χ2v) is 17.7. The Morgan fingerprint density at radius 2 is 0.944 bits per heavy atom. The fraction of sp³-hybridized carbons (Fsp3) is 0.177. The Labute approximate surface area is 420 Å². The predicted molar refractivity (Wildman–Crippen MR) is 277 cm³/mol. The van der Waals surface area contributed by atoms with E-state index in [0.29, 0.717) is 55.2 Å². The van der Waals surface area contributed by atoms with Gasteiger partial charge in [-0.1, -0.05) is 164 Å². The topological polar surface area (TPSA) is 113 Å². The van der Waals surface area contributed by atoms with Gasteiger partial charge in [0.2, 0.25) is 5.78 Å². The minimum atomic E-state index is -0.715. The summed E-state index contributed by atoms with van der Waals surface area (Å²) in [5.74, 6) is -0.0844. The number of carbonyl (C=O) groups is 3. The van der Waals surface area contributed by atoms with Gasteiger partial charge in [-0.25, -0.2) is 4.79 Å². The van der Waals surface area contributed by atoms with Gasteiger partial charge in [-0.3, -0.25) is 14.5 Å². The lowest BCUT2D eigenvalue weighted by Gasteiger charge is -2.29. The van der Waals surface area contributed by atoms with E-state index in [4.69, 9.17) is 23.7 Å². The van der Waals surface area contributed by atoms with Crippen molar-refractivity contribution in [2.75, 3.05) is 13.1 Å². The minimum Gasteiger partial charge on any atom is -0.489 e. The molecule has 0 saturated carbocycles. The molecule has 0 aliphatic carbocycles. The number of ketones is 1. The molecule has 10 heteroatoms. The van der Waals surface area contributed by atoms with Crippen molar-refractivity contribution >= 4 is 17.7 Å². The molecule has 9 rings (SSSR count). The molecule has 8 aromatic carbocycles. The van der Waals surface area contributed by atoms with Crippen LogP contribution in [0.25, 0.3) is 0 Å². The number of rotatable bonds is 20. The number of ether oxygens (including phenoxy) is 5. The average molecular weight is 957 g/mol. The zero-order valence-corrected chi connectivity index (χ0v) is 39.9. The van der Waals surface area contributed by atoms with E-state index in [1.165, 1.54) is 0 Å². The van der Waals surface area contributed by atoms with Gasteiger partial charge in [0.1, 0.15) is 61.1 Å². The summed E-state index contributed by atoms with van der Waals surface area (Å²) in [6, 6.07) is 65.6. The van der Waals surface area contributed by atoms with Gasteiger partial charge in [0.15, 0.2) is 0 Å². The molecular weight excluding hydrogens is 901 g/mol. The van der Waals surface area contributed by atoms with Gasteiger partial charge in [0, 0.05) is 18.7 Å². The maximum absolute atomic E-state index is 15.1. The van der Waals surface area contributed by atoms with E-state index >= 15 is 4.79 Å². The summed E-state index contributed by atoms with van der Waals surface area (Å²) in [5.41, 5.74) is 5.81. The number of carbonyl (C=O) groups excluding carboxylic acids is 3. The van der Waals surface area contributed by atoms with Crippen LogP contribution in [0.5, 0.6) is 23.0 Å². The average Bonchev–Trinajstić information content (AvgIpc) is 3.62. The molecule has 0 aromatic heterocycles. The highest BCUT2D eigenvalue weighted by molar-refractivity contribution is 6.14. The Balaban J connectivity index is 1.03. The van der Waals surface area contributed by atoms with Gasteiger partial charge >= 0.3 is 5.97 Å². The van der Waals surface area contributed by atoms with Crippen LogP contribution in [0.3, 0.4) is 0 Å². The van der Waals surface area contributed by atoms with E-state index in [1.807, 2.05) is 146 Å². The molecule has 2 atom stereocenters. The third-order valence-electron chi connectivity index (χ3n) is 12.4. The van der Waals surface area contributed by atoms with Gasteiger partial charge in [0.25, 0.3) is 5.91 Å². The first-order chi connectivity index (χ1) is 35.4. The molecule has 1 N–H and O–H groups in total. The van der Waals surface area contributed by atoms with Crippen molar-refractivity contribution in [1.82, 2.24) is 10.2 Å². The van der Waals surface area contributed by atoms with E-state index in [1.54, 1.807) is 54.6 Å². The minimum absolute atomic E-state index is 0.0952. The van der Waals surface area contributed by atoms with Crippen LogP contribution in [0.1, 0.15) is 77.3 Å². The van der Waals surface area contributed by atoms with Gasteiger partial charge in [-0.15, -0.1) is 0 Å². The summed E-state index contributed by atoms with van der Waals surface area (Å²) in [6.07, 6.45) is 0.480. The van der Waals surface area contributed by atoms with Crippen molar-refractivity contribution in [3.8, 4) is 23.0 Å². The van der Waals surface area contributed by atoms with Crippen molar-refractivity contribution in [3.05, 3.63) is 262 Å². The van der Waals surface area contributed by atoms with Crippen LogP contribution in [0.15, 0.2) is 212 Å². The smallest absolute Gasteiger partial charge is 0.338 e. The number of likely N-dealkylation sites (tertiary alicyclic amines) is 1. The molecule has 72 heavy (non-hydrogen) atoms. The molecule has 0 radical (unpaired) electrons. The molecule has 1 amide bonds. The molecule has 0 spiro atoms. The number of hydrogen-bond donors (Lipinski definition) is 1. The first kappa shape index (κ1) is 48.5. The Morgan fingerprint density at radius 1 is 0.486 bits per heavy atom. The van der Waals surface area contributed by atoms with E-state index < -0.39 is 23.9 Å². The molecule has 0 bridgehead atoms. The van der Waals surface area contributed by atoms with E-state index in [-0.39, 0.29) is 48.4 Å². The predicted octanol–water partition coefficient (Wildman–Crippen LogP) is 11.9. The van der Waals surface area contributed by atoms with Gasteiger partial charge in [-0.05, 0) is 95.7 Å². The standard InChI is InChI=1S/C62H56N2O8/c65-60(53-29-16-17-30-55(53)69-42-47-23-10-3-11-24-47)59-57(70-43-48-25-12-4-13-26-48)37-51(38-58(59)71-44-49-27-14-5-15-28-49)62(67)72-56-31-18-36-64(39-45-19-6-1-7-20-45)40-54(56)63-61(66)50-32-34-52(35-33-50)68-41-46-21-8-2-9-22-46/h1-17,19-30,32-35,37-38,54,56H,18,31,36,39-44H2,(H,63,66)/t54-,56-/m1/s1. The Bertz CT molecular complexity index is 2950. The molecule has 1 heterocycles. The fourth-order valence-electron chi connectivity index (χ4n) is 8.65. The summed E-state index contributed by atoms with van der Waals surface area (Å²) < 4.78 is 31.9. The lowest BCUT2D eigenvalue weighted by atomic mass is 9.98. The van der Waals surface area contributed by atoms with Crippen LogP contribution in [-0.2, 0) is 37.7 Å². The quantitative estimate of drug-likeness (QED) is 0.0589. The molecule has 1 saturated heterocycles. The summed E-state index contributed by atoms with van der Waals surface area (Å²) >= 11 is 0. The molecular formula is C62H56N2O8. The highest BCUT2D eigenvalue weighted by Gasteiger charge is 2.33. The Kier molecular flexibility index (Phi) is 16.4. The maximum Gasteiger partial charge on any atom is 0.338 e. The van der Waals surface area contributed by atoms with E-state index in [0.717, 1.165) is 34.4 Å². The fourth-order valence-corrected chi connectivity index (χ4v) is 8.65. The molecule has 0 unspecified atom stereocenters. The number of nitrogens with zero attached hydrogens (tertiary/aromatic N) is 1. The zero-order chi connectivity index (χ0) is 49.3. The first-order valence-electron chi connectivity index (χ1n) is 24.3. The highest BCUT2D eigenvalue weighted by atomic mass is 16.5. The summed E-state index contributed by atoms with van der Waals surface area (Å²) in [4.78, 5) is 46.3. The third kappa shape index (κ3) is 13.2. The number of esters is 1. The number of amides is 1. The molecule has 10 nitrogen and oxygen atoms in total. The van der Waals surface area contributed by atoms with Crippen molar-refractivity contribution in [1.29, 1.82) is 0 Å². The van der Waals surface area contributed by atoms with Gasteiger partial charge < -0.3 is 29.0 Å². The number of para-hydroxylation sites is 1. The normalized spacial score (nSPS) is 14.6. The van der Waals surface area contributed by atoms with Crippen molar-refractivity contribution in [2.24, 2.45) is 0 Å². The summed E-state index contributed by atoms with van der Waals surface area (Å²) in [7, 11) is 0. The van der Waals surface area contributed by atoms with Crippen molar-refractivity contribution in [2.45, 2.75) is 58.0 Å². The van der Waals surface area contributed by atoms with E-state index in [9.17, 15) is 9.59 Å². The summed E-state index contributed by atoms with van der Waals surface area (Å²) in [5, 5.41) is 3.24. The SMILES string of the molecule is O=C(N[C@@H]1CN(Cc2ccccc2)CCC[C@H]1OC(=O)c1cc(OCc2ccccc2)c(C(=O)c2ccccc2OCc2ccccc2)c(OCc2ccccc2)c1)c1ccc(OCc2ccccc2)cc1.